The van der Waals surface area contributed by atoms with E-state index in [2.05, 4.69) is 15.2 Å². The molecule has 170 valence electrons. The van der Waals surface area contributed by atoms with E-state index in [0.717, 1.165) is 15.3 Å². The fraction of sp³-hybridized carbons (Fsp3) is 0.476. The summed E-state index contributed by atoms with van der Waals surface area (Å²) in [5.41, 5.74) is 0.0631. The molecule has 1 atom stereocenters. The van der Waals surface area contributed by atoms with Crippen molar-refractivity contribution in [1.29, 1.82) is 0 Å². The van der Waals surface area contributed by atoms with Gasteiger partial charge in [0.1, 0.15) is 12.2 Å². The summed E-state index contributed by atoms with van der Waals surface area (Å²) < 4.78 is 42.9. The Bertz CT molecular complexity index is 1230. The summed E-state index contributed by atoms with van der Waals surface area (Å²) in [4.78, 5) is 30.8. The molecule has 0 radical (unpaired) electrons. The van der Waals surface area contributed by atoms with Crippen molar-refractivity contribution < 1.29 is 18.0 Å². The van der Waals surface area contributed by atoms with Crippen LogP contribution < -0.4 is 5.56 Å². The van der Waals surface area contributed by atoms with Crippen molar-refractivity contribution in [2.24, 2.45) is 0 Å². The lowest BCUT2D eigenvalue weighted by molar-refractivity contribution is -0.143. The third kappa shape index (κ3) is 4.11. The Morgan fingerprint density at radius 3 is 2.66 bits per heavy atom. The van der Waals surface area contributed by atoms with Crippen LogP contribution in [0, 0.1) is 6.92 Å². The summed E-state index contributed by atoms with van der Waals surface area (Å²) in [7, 11) is 0. The molecule has 0 aliphatic carbocycles. The minimum atomic E-state index is -4.60. The molecule has 11 heteroatoms. The fourth-order valence-corrected chi connectivity index (χ4v) is 3.93. The van der Waals surface area contributed by atoms with Crippen LogP contribution >= 0.6 is 0 Å². The zero-order valence-corrected chi connectivity index (χ0v) is 17.9. The quantitative estimate of drug-likeness (QED) is 0.612. The number of hydrogen-bond donors (Lipinski definition) is 0. The molecule has 0 bridgehead atoms. The average Bonchev–Trinajstić information content (AvgIpc) is 3.35. The van der Waals surface area contributed by atoms with Gasteiger partial charge in [0, 0.05) is 24.4 Å². The molecule has 1 amide bonds. The van der Waals surface area contributed by atoms with Crippen LogP contribution in [0.15, 0.2) is 29.1 Å². The van der Waals surface area contributed by atoms with Gasteiger partial charge in [-0.1, -0.05) is 13.8 Å². The molecule has 8 nitrogen and oxygen atoms in total. The third-order valence-electron chi connectivity index (χ3n) is 5.55. The van der Waals surface area contributed by atoms with Gasteiger partial charge in [-0.15, -0.1) is 0 Å². The minimum Gasteiger partial charge on any atom is -0.332 e. The first kappa shape index (κ1) is 22.0. The molecular weight excluding hydrogens is 425 g/mol. The molecule has 1 saturated heterocycles. The van der Waals surface area contributed by atoms with E-state index < -0.39 is 23.5 Å². The summed E-state index contributed by atoms with van der Waals surface area (Å²) in [5, 5.41) is 8.27. The summed E-state index contributed by atoms with van der Waals surface area (Å²) in [6.07, 6.45) is -3.36. The molecule has 4 heterocycles. The van der Waals surface area contributed by atoms with Crippen LogP contribution in [-0.4, -0.2) is 41.7 Å². The Morgan fingerprint density at radius 1 is 1.22 bits per heavy atom. The molecule has 0 saturated carbocycles. The van der Waals surface area contributed by atoms with Gasteiger partial charge in [-0.2, -0.15) is 23.4 Å². The Hall–Kier alpha value is -3.24. The lowest BCUT2D eigenvalue weighted by atomic mass is 10.1. The smallest absolute Gasteiger partial charge is 0.332 e. The van der Waals surface area contributed by atoms with Crippen molar-refractivity contribution in [3.63, 3.8) is 0 Å². The van der Waals surface area contributed by atoms with Crippen LogP contribution in [0.5, 0.6) is 0 Å². The molecule has 3 aromatic rings. The number of likely N-dealkylation sites (tertiary alicyclic amines) is 1. The van der Waals surface area contributed by atoms with Gasteiger partial charge in [-0.05, 0) is 37.8 Å². The van der Waals surface area contributed by atoms with E-state index in [1.165, 1.54) is 12.1 Å². The Balaban J connectivity index is 1.69. The van der Waals surface area contributed by atoms with Gasteiger partial charge in [0.15, 0.2) is 5.65 Å². The van der Waals surface area contributed by atoms with Gasteiger partial charge in [-0.25, -0.2) is 14.2 Å². The number of fused-ring (bicyclic) bond motifs is 1. The molecule has 0 spiro atoms. The number of rotatable bonds is 4. The van der Waals surface area contributed by atoms with Crippen molar-refractivity contribution in [3.8, 4) is 0 Å². The van der Waals surface area contributed by atoms with Crippen molar-refractivity contribution in [2.45, 2.75) is 58.3 Å². The number of carbonyl (C=O) groups is 1. The third-order valence-corrected chi connectivity index (χ3v) is 5.55. The molecule has 3 aromatic heterocycles. The number of alkyl halides is 3. The maximum atomic E-state index is 13.7. The lowest BCUT2D eigenvalue weighted by Crippen LogP contribution is -2.37. The second-order valence-electron chi connectivity index (χ2n) is 8.27. The van der Waals surface area contributed by atoms with E-state index in [4.69, 9.17) is 0 Å². The van der Waals surface area contributed by atoms with Crippen molar-refractivity contribution in [1.82, 2.24) is 29.3 Å². The molecule has 0 N–H and O–H groups in total. The van der Waals surface area contributed by atoms with E-state index in [9.17, 15) is 22.8 Å². The van der Waals surface area contributed by atoms with E-state index in [1.54, 1.807) is 31.7 Å². The highest BCUT2D eigenvalue weighted by atomic mass is 19.4. The highest BCUT2D eigenvalue weighted by Crippen LogP contribution is 2.35. The molecule has 1 aliphatic rings. The van der Waals surface area contributed by atoms with Crippen LogP contribution in [-0.2, 0) is 17.5 Å². The van der Waals surface area contributed by atoms with Gasteiger partial charge in [-0.3, -0.25) is 9.59 Å². The molecule has 4 rings (SSSR count). The van der Waals surface area contributed by atoms with Gasteiger partial charge < -0.3 is 4.90 Å². The monoisotopic (exact) mass is 448 g/mol. The number of aromatic nitrogens is 5. The van der Waals surface area contributed by atoms with Gasteiger partial charge in [0.05, 0.1) is 17.4 Å². The topological polar surface area (TPSA) is 85.4 Å². The van der Waals surface area contributed by atoms with Gasteiger partial charge in [0.2, 0.25) is 5.91 Å². The summed E-state index contributed by atoms with van der Waals surface area (Å²) in [6.45, 7) is 5.44. The summed E-state index contributed by atoms with van der Waals surface area (Å²) in [6, 6.07) is 4.94. The van der Waals surface area contributed by atoms with E-state index in [0.29, 0.717) is 36.5 Å². The molecule has 0 unspecified atom stereocenters. The highest BCUT2D eigenvalue weighted by Gasteiger charge is 2.37. The molecule has 0 aromatic carbocycles. The normalized spacial score (nSPS) is 17.0. The zero-order valence-electron chi connectivity index (χ0n) is 17.9. The largest absolute Gasteiger partial charge is 0.433 e. The molecular formula is C21H23F3N6O2. The summed E-state index contributed by atoms with van der Waals surface area (Å²) in [5.74, 6) is -0.527. The van der Waals surface area contributed by atoms with Crippen molar-refractivity contribution in [2.75, 3.05) is 6.54 Å². The van der Waals surface area contributed by atoms with Crippen LogP contribution in [0.3, 0.4) is 0 Å². The Kier molecular flexibility index (Phi) is 5.51. The standard InChI is InChI=1S/C21H23F3N6O2/c1-12(2)14-9-17(21(22,23)24)30-18(25-14)10-15(27-30)16-5-4-8-28(16)20(32)11-29-19(31)7-6-13(3)26-29/h6-7,9-10,12,16H,4-5,8,11H2,1-3H3/t16-/m1/s1. The predicted octanol–water partition coefficient (Wildman–Crippen LogP) is 3.10. The second-order valence-corrected chi connectivity index (χ2v) is 8.27. The van der Waals surface area contributed by atoms with Crippen LogP contribution in [0.4, 0.5) is 13.2 Å². The average molecular weight is 448 g/mol. The first-order valence-corrected chi connectivity index (χ1v) is 10.4. The molecule has 1 fully saturated rings. The maximum absolute atomic E-state index is 13.7. The number of halogens is 3. The predicted molar refractivity (Wildman–Crippen MR) is 109 cm³/mol. The Morgan fingerprint density at radius 2 is 1.97 bits per heavy atom. The molecule has 32 heavy (non-hydrogen) atoms. The zero-order chi connectivity index (χ0) is 23.2. The van der Waals surface area contributed by atoms with Crippen LogP contribution in [0.25, 0.3) is 5.65 Å². The highest BCUT2D eigenvalue weighted by molar-refractivity contribution is 5.76. The van der Waals surface area contributed by atoms with Crippen molar-refractivity contribution >= 4 is 11.6 Å². The fourth-order valence-electron chi connectivity index (χ4n) is 3.93. The Labute approximate surface area is 181 Å². The number of aryl methyl sites for hydroxylation is 1. The van der Waals surface area contributed by atoms with E-state index in [1.807, 2.05) is 0 Å². The minimum absolute atomic E-state index is 0.0920. The molecule has 1 aliphatic heterocycles. The number of carbonyl (C=O) groups excluding carboxylic acids is 1. The van der Waals surface area contributed by atoms with Crippen LogP contribution in [0.1, 0.15) is 61.4 Å². The number of nitrogens with zero attached hydrogens (tertiary/aromatic N) is 6. The van der Waals surface area contributed by atoms with Gasteiger partial charge >= 0.3 is 6.18 Å². The first-order valence-electron chi connectivity index (χ1n) is 10.4. The maximum Gasteiger partial charge on any atom is 0.433 e. The number of hydrogen-bond acceptors (Lipinski definition) is 5. The van der Waals surface area contributed by atoms with E-state index >= 15 is 0 Å². The number of amides is 1. The second kappa shape index (κ2) is 8.03. The van der Waals surface area contributed by atoms with Gasteiger partial charge in [0.25, 0.3) is 5.56 Å². The first-order chi connectivity index (χ1) is 15.0. The van der Waals surface area contributed by atoms with E-state index in [-0.39, 0.29) is 24.0 Å². The summed E-state index contributed by atoms with van der Waals surface area (Å²) >= 11 is 0. The van der Waals surface area contributed by atoms with Crippen molar-refractivity contribution in [3.05, 3.63) is 57.4 Å². The lowest BCUT2D eigenvalue weighted by Gasteiger charge is -2.23. The van der Waals surface area contributed by atoms with Crippen LogP contribution in [0.2, 0.25) is 0 Å². The SMILES string of the molecule is Cc1ccc(=O)n(CC(=O)N2CCC[C@@H]2c2cc3nc(C(C)C)cc(C(F)(F)F)n3n2)n1.